The van der Waals surface area contributed by atoms with Gasteiger partial charge in [-0.2, -0.15) is 5.10 Å². The lowest BCUT2D eigenvalue weighted by Crippen LogP contribution is -2.26. The summed E-state index contributed by atoms with van der Waals surface area (Å²) >= 11 is 0.987. The first-order chi connectivity index (χ1) is 15.3. The minimum Gasteiger partial charge on any atom is -0.481 e. The van der Waals surface area contributed by atoms with Crippen molar-refractivity contribution in [2.75, 3.05) is 0 Å². The normalized spacial score (nSPS) is 18.0. The number of carboxylic acid groups (broad SMARTS) is 1. The quantitative estimate of drug-likeness (QED) is 0.421. The molecule has 0 unspecified atom stereocenters. The molecule has 1 atom stereocenters. The van der Waals surface area contributed by atoms with Gasteiger partial charge in [-0.1, -0.05) is 47.7 Å². The van der Waals surface area contributed by atoms with Gasteiger partial charge < -0.3 is 10.4 Å². The highest BCUT2D eigenvalue weighted by molar-refractivity contribution is 8.15. The van der Waals surface area contributed by atoms with Gasteiger partial charge in [-0.3, -0.25) is 9.59 Å². The number of carboxylic acids is 1. The molecule has 0 radical (unpaired) electrons. The van der Waals surface area contributed by atoms with Gasteiger partial charge in [0, 0.05) is 17.1 Å². The van der Waals surface area contributed by atoms with Crippen LogP contribution in [0, 0.1) is 6.92 Å². The fraction of sp³-hybridized carbons (Fsp3) is 0.143. The molecule has 0 spiro atoms. The smallest absolute Gasteiger partial charge is 0.305 e. The maximum Gasteiger partial charge on any atom is 0.305 e. The van der Waals surface area contributed by atoms with E-state index in [1.54, 1.807) is 48.5 Å². The lowest BCUT2D eigenvalue weighted by Gasteiger charge is -2.07. The molecule has 32 heavy (non-hydrogen) atoms. The van der Waals surface area contributed by atoms with Crippen LogP contribution < -0.4 is 5.32 Å². The van der Waals surface area contributed by atoms with Crippen molar-refractivity contribution in [3.63, 3.8) is 0 Å². The minimum absolute atomic E-state index is 0.169. The van der Waals surface area contributed by atoms with Gasteiger partial charge in [0.25, 0.3) is 10.0 Å². The van der Waals surface area contributed by atoms with E-state index in [-0.39, 0.29) is 16.5 Å². The summed E-state index contributed by atoms with van der Waals surface area (Å²) in [5.74, 6) is -1.52. The van der Waals surface area contributed by atoms with Crippen LogP contribution in [0.4, 0.5) is 0 Å². The van der Waals surface area contributed by atoms with E-state index in [0.29, 0.717) is 16.5 Å². The van der Waals surface area contributed by atoms with Gasteiger partial charge in [-0.15, -0.1) is 5.10 Å². The molecule has 164 valence electrons. The third-order valence-electron chi connectivity index (χ3n) is 4.77. The van der Waals surface area contributed by atoms with Crippen LogP contribution in [0.15, 0.2) is 69.8 Å². The molecule has 0 aliphatic carbocycles. The van der Waals surface area contributed by atoms with E-state index >= 15 is 0 Å². The number of aromatic nitrogens is 1. The summed E-state index contributed by atoms with van der Waals surface area (Å²) in [5.41, 5.74) is 1.97. The van der Waals surface area contributed by atoms with Crippen molar-refractivity contribution >= 4 is 55.9 Å². The van der Waals surface area contributed by atoms with Crippen molar-refractivity contribution in [3.05, 3.63) is 65.9 Å². The Kier molecular flexibility index (Phi) is 5.85. The molecule has 1 fully saturated rings. The number of rotatable bonds is 6. The van der Waals surface area contributed by atoms with Crippen LogP contribution in [0.25, 0.3) is 10.9 Å². The van der Waals surface area contributed by atoms with Crippen LogP contribution in [0.5, 0.6) is 0 Å². The second-order valence-electron chi connectivity index (χ2n) is 7.06. The number of amidine groups is 1. The van der Waals surface area contributed by atoms with Gasteiger partial charge in [0.1, 0.15) is 5.25 Å². The lowest BCUT2D eigenvalue weighted by atomic mass is 10.2. The molecule has 0 bridgehead atoms. The van der Waals surface area contributed by atoms with Crippen LogP contribution in [0.2, 0.25) is 0 Å². The molecule has 1 saturated heterocycles. The van der Waals surface area contributed by atoms with Gasteiger partial charge >= 0.3 is 5.97 Å². The van der Waals surface area contributed by atoms with Crippen LogP contribution in [0.1, 0.15) is 17.5 Å². The summed E-state index contributed by atoms with van der Waals surface area (Å²) in [6.07, 6.45) is 2.55. The Morgan fingerprint density at radius 2 is 1.94 bits per heavy atom. The van der Waals surface area contributed by atoms with Crippen LogP contribution in [-0.2, 0) is 19.6 Å². The van der Waals surface area contributed by atoms with E-state index in [1.165, 1.54) is 16.4 Å². The van der Waals surface area contributed by atoms with Crippen molar-refractivity contribution in [2.24, 2.45) is 10.2 Å². The number of nitrogens with one attached hydrogen (secondary N) is 1. The minimum atomic E-state index is -3.83. The molecule has 2 N–H and O–H groups in total. The maximum atomic E-state index is 13.2. The Balaban J connectivity index is 1.66. The lowest BCUT2D eigenvalue weighted by molar-refractivity contribution is -0.138. The van der Waals surface area contributed by atoms with Gasteiger partial charge in [0.15, 0.2) is 5.17 Å². The topological polar surface area (TPSA) is 130 Å². The van der Waals surface area contributed by atoms with Gasteiger partial charge in [0.05, 0.1) is 23.0 Å². The average Bonchev–Trinajstić information content (AvgIpc) is 3.29. The summed E-state index contributed by atoms with van der Waals surface area (Å²) in [6, 6.07) is 13.6. The molecule has 1 aromatic heterocycles. The van der Waals surface area contributed by atoms with E-state index in [9.17, 15) is 18.0 Å². The monoisotopic (exact) mass is 470 g/mol. The van der Waals surface area contributed by atoms with Crippen molar-refractivity contribution in [1.29, 1.82) is 0 Å². The highest BCUT2D eigenvalue weighted by Gasteiger charge is 2.32. The second kappa shape index (κ2) is 8.60. The SMILES string of the molecule is Cc1ccc(S(=O)(=O)n2cc(/C=N\N=C3\NC(=O)[C@H](CC(=O)O)S3)c3ccccc32)cc1. The Morgan fingerprint density at radius 1 is 1.22 bits per heavy atom. The average molecular weight is 471 g/mol. The number of carbonyl (C=O) groups is 2. The molecule has 3 aromatic rings. The van der Waals surface area contributed by atoms with Gasteiger partial charge in [0.2, 0.25) is 5.91 Å². The second-order valence-corrected chi connectivity index (χ2v) is 10.1. The van der Waals surface area contributed by atoms with Crippen molar-refractivity contribution in [2.45, 2.75) is 23.5 Å². The zero-order valence-corrected chi connectivity index (χ0v) is 18.4. The van der Waals surface area contributed by atoms with Gasteiger partial charge in [-0.25, -0.2) is 12.4 Å². The fourth-order valence-corrected chi connectivity index (χ4v) is 5.48. The largest absolute Gasteiger partial charge is 0.481 e. The number of benzene rings is 2. The van der Waals surface area contributed by atoms with Crippen molar-refractivity contribution in [1.82, 2.24) is 9.29 Å². The summed E-state index contributed by atoms with van der Waals surface area (Å²) in [4.78, 5) is 22.8. The standard InChI is InChI=1S/C21H18N4O5S2/c1-13-6-8-15(9-7-13)32(29,30)25-12-14(16-4-2-3-5-17(16)25)11-22-24-21-23-20(28)18(31-21)10-19(26)27/h2-9,11-12,18H,10H2,1H3,(H,26,27)(H,23,24,28)/b22-11-/t18-/m0/s1. The number of hydrogen-bond acceptors (Lipinski definition) is 7. The number of fused-ring (bicyclic) bond motifs is 1. The number of aliphatic carboxylic acids is 1. The zero-order chi connectivity index (χ0) is 22.9. The summed E-state index contributed by atoms with van der Waals surface area (Å²) < 4.78 is 27.6. The van der Waals surface area contributed by atoms with E-state index in [1.807, 2.05) is 6.92 Å². The maximum absolute atomic E-state index is 13.2. The summed E-state index contributed by atoms with van der Waals surface area (Å²) in [5, 5.41) is 19.3. The molecule has 2 aromatic carbocycles. The molecule has 0 saturated carbocycles. The third kappa shape index (κ3) is 4.30. The highest BCUT2D eigenvalue weighted by atomic mass is 32.2. The van der Waals surface area contributed by atoms with Crippen molar-refractivity contribution in [3.8, 4) is 0 Å². The number of para-hydroxylation sites is 1. The van der Waals surface area contributed by atoms with Crippen LogP contribution >= 0.6 is 11.8 Å². The molecule has 2 heterocycles. The number of carbonyl (C=O) groups excluding carboxylic acids is 1. The molecule has 4 rings (SSSR count). The zero-order valence-electron chi connectivity index (χ0n) is 16.8. The van der Waals surface area contributed by atoms with Crippen LogP contribution in [-0.4, -0.2) is 46.0 Å². The number of amides is 1. The highest BCUT2D eigenvalue weighted by Crippen LogP contribution is 2.26. The Morgan fingerprint density at radius 3 is 2.66 bits per heavy atom. The number of thioether (sulfide) groups is 1. The molecule has 9 nitrogen and oxygen atoms in total. The van der Waals surface area contributed by atoms with E-state index in [2.05, 4.69) is 15.5 Å². The van der Waals surface area contributed by atoms with E-state index in [0.717, 1.165) is 17.3 Å². The van der Waals surface area contributed by atoms with Crippen LogP contribution in [0.3, 0.4) is 0 Å². The first-order valence-corrected chi connectivity index (χ1v) is 11.8. The number of aryl methyl sites for hydroxylation is 1. The van der Waals surface area contributed by atoms with E-state index < -0.39 is 27.1 Å². The van der Waals surface area contributed by atoms with Gasteiger partial charge in [-0.05, 0) is 25.1 Å². The molecule has 1 amide bonds. The first-order valence-electron chi connectivity index (χ1n) is 9.48. The van der Waals surface area contributed by atoms with Crippen molar-refractivity contribution < 1.29 is 23.1 Å². The predicted octanol–water partition coefficient (Wildman–Crippen LogP) is 2.58. The number of hydrogen-bond donors (Lipinski definition) is 2. The molecule has 1 aliphatic heterocycles. The predicted molar refractivity (Wildman–Crippen MR) is 123 cm³/mol. The molecule has 1 aliphatic rings. The first kappa shape index (κ1) is 21.8. The Hall–Kier alpha value is -3.44. The number of nitrogens with zero attached hydrogens (tertiary/aromatic N) is 3. The fourth-order valence-electron chi connectivity index (χ4n) is 3.19. The molecular formula is C21H18N4O5S2. The summed E-state index contributed by atoms with van der Waals surface area (Å²) in [7, 11) is -3.83. The molecular weight excluding hydrogens is 452 g/mol. The Labute approximate surface area is 187 Å². The van der Waals surface area contributed by atoms with E-state index in [4.69, 9.17) is 5.11 Å². The summed E-state index contributed by atoms with van der Waals surface area (Å²) in [6.45, 7) is 1.88. The third-order valence-corrected chi connectivity index (χ3v) is 7.53. The molecule has 11 heteroatoms. The Bertz CT molecular complexity index is 1370.